The third-order valence-corrected chi connectivity index (χ3v) is 6.85. The second-order valence-electron chi connectivity index (χ2n) is 9.52. The van der Waals surface area contributed by atoms with Gasteiger partial charge in [-0.1, -0.05) is 54.6 Å². The number of rotatable bonds is 10. The molecule has 194 valence electrons. The van der Waals surface area contributed by atoms with Gasteiger partial charge in [0.2, 0.25) is 5.91 Å². The maximum absolute atomic E-state index is 12.6. The first kappa shape index (κ1) is 26.3. The van der Waals surface area contributed by atoms with Crippen molar-refractivity contribution < 1.29 is 19.6 Å². The number of nitro benzene ring substituents is 1. The molecule has 2 unspecified atom stereocenters. The normalized spacial score (nSPS) is 16.4. The molecule has 3 aromatic rings. The molecular weight excluding hydrogens is 470 g/mol. The molecule has 2 N–H and O–H groups in total. The van der Waals surface area contributed by atoms with Crippen LogP contribution in [0, 0.1) is 17.0 Å². The van der Waals surface area contributed by atoms with Gasteiger partial charge in [0.1, 0.15) is 6.61 Å². The van der Waals surface area contributed by atoms with E-state index in [2.05, 4.69) is 23.5 Å². The number of ether oxygens (including phenoxy) is 1. The number of nitrogens with zero attached hydrogens (tertiary/aromatic N) is 2. The van der Waals surface area contributed by atoms with E-state index >= 15 is 0 Å². The van der Waals surface area contributed by atoms with Gasteiger partial charge in [-0.05, 0) is 67.1 Å². The number of hydrogen-bond donors (Lipinski definition) is 2. The molecule has 1 aliphatic heterocycles. The molecule has 0 aromatic heterocycles. The van der Waals surface area contributed by atoms with Crippen molar-refractivity contribution in [2.24, 2.45) is 0 Å². The number of aliphatic hydroxyl groups excluding tert-OH is 1. The molecule has 0 bridgehead atoms. The summed E-state index contributed by atoms with van der Waals surface area (Å²) in [7, 11) is 0. The van der Waals surface area contributed by atoms with Crippen LogP contribution in [0.3, 0.4) is 0 Å². The molecule has 1 fully saturated rings. The van der Waals surface area contributed by atoms with Crippen LogP contribution in [0.25, 0.3) is 11.1 Å². The van der Waals surface area contributed by atoms with E-state index in [4.69, 9.17) is 4.74 Å². The van der Waals surface area contributed by atoms with Crippen molar-refractivity contribution in [1.29, 1.82) is 0 Å². The largest absolute Gasteiger partial charge is 0.482 e. The average Bonchev–Trinajstić information content (AvgIpc) is 3.37. The first-order valence-corrected chi connectivity index (χ1v) is 12.6. The van der Waals surface area contributed by atoms with Crippen LogP contribution in [-0.4, -0.2) is 46.1 Å². The highest BCUT2D eigenvalue weighted by molar-refractivity contribution is 5.82. The van der Waals surface area contributed by atoms with E-state index in [-0.39, 0.29) is 42.6 Å². The lowest BCUT2D eigenvalue weighted by Crippen LogP contribution is -2.46. The van der Waals surface area contributed by atoms with Gasteiger partial charge in [-0.15, -0.1) is 0 Å². The van der Waals surface area contributed by atoms with E-state index in [1.54, 1.807) is 13.0 Å². The Morgan fingerprint density at radius 1 is 1.19 bits per heavy atom. The van der Waals surface area contributed by atoms with Crippen molar-refractivity contribution in [2.75, 3.05) is 13.2 Å². The van der Waals surface area contributed by atoms with E-state index < -0.39 is 4.92 Å². The van der Waals surface area contributed by atoms with Gasteiger partial charge in [0.25, 0.3) is 0 Å². The Labute approximate surface area is 217 Å². The van der Waals surface area contributed by atoms with Crippen LogP contribution in [0.5, 0.6) is 5.75 Å². The Bertz CT molecular complexity index is 1250. The van der Waals surface area contributed by atoms with Crippen molar-refractivity contribution in [3.8, 4) is 16.9 Å². The first-order valence-electron chi connectivity index (χ1n) is 12.6. The number of hydrogen-bond acceptors (Lipinski definition) is 6. The Morgan fingerprint density at radius 3 is 2.70 bits per heavy atom. The van der Waals surface area contributed by atoms with E-state index in [9.17, 15) is 20.0 Å². The second-order valence-corrected chi connectivity index (χ2v) is 9.52. The smallest absolute Gasteiger partial charge is 0.311 e. The van der Waals surface area contributed by atoms with Crippen molar-refractivity contribution >= 4 is 11.6 Å². The molecule has 0 spiro atoms. The van der Waals surface area contributed by atoms with Gasteiger partial charge in [-0.3, -0.25) is 19.8 Å². The Hall–Kier alpha value is -3.75. The van der Waals surface area contributed by atoms with Crippen LogP contribution < -0.4 is 10.1 Å². The molecule has 1 saturated heterocycles. The van der Waals surface area contributed by atoms with Crippen LogP contribution in [-0.2, 0) is 17.9 Å². The van der Waals surface area contributed by atoms with E-state index in [0.29, 0.717) is 13.0 Å². The third kappa shape index (κ3) is 6.34. The lowest BCUT2D eigenvalue weighted by atomic mass is 9.97. The summed E-state index contributed by atoms with van der Waals surface area (Å²) >= 11 is 0. The van der Waals surface area contributed by atoms with Gasteiger partial charge in [0, 0.05) is 18.7 Å². The molecule has 1 amide bonds. The highest BCUT2D eigenvalue weighted by Crippen LogP contribution is 2.32. The molecule has 4 rings (SSSR count). The molecule has 8 heteroatoms. The van der Waals surface area contributed by atoms with Gasteiger partial charge in [0.05, 0.1) is 17.6 Å². The van der Waals surface area contributed by atoms with Gasteiger partial charge in [-0.2, -0.15) is 0 Å². The van der Waals surface area contributed by atoms with Gasteiger partial charge < -0.3 is 15.2 Å². The topological polar surface area (TPSA) is 105 Å². The standard InChI is InChI=1S/C29H33N3O5/c1-20(18-33)30-29(34)26-12-7-15-31(26)17-22-13-14-28(27(16-22)32(35)36)37-19-24-10-6-11-25(21(24)2)23-8-4-3-5-9-23/h3-6,8-11,13-14,16,20,26,33H,7,12,15,17-19H2,1-2H3,(H,30,34). The second kappa shape index (κ2) is 12.0. The van der Waals surface area contributed by atoms with Crippen molar-refractivity contribution in [2.45, 2.75) is 51.9 Å². The lowest BCUT2D eigenvalue weighted by Gasteiger charge is -2.25. The number of benzene rings is 3. The summed E-state index contributed by atoms with van der Waals surface area (Å²) in [4.78, 5) is 26.1. The molecule has 3 aromatic carbocycles. The summed E-state index contributed by atoms with van der Waals surface area (Å²) in [5.74, 6) is 0.0901. The SMILES string of the molecule is Cc1c(COc2ccc(CN3CCCC3C(=O)NC(C)CO)cc2[N+](=O)[O-])cccc1-c1ccccc1. The van der Waals surface area contributed by atoms with Crippen LogP contribution >= 0.6 is 0 Å². The average molecular weight is 504 g/mol. The lowest BCUT2D eigenvalue weighted by molar-refractivity contribution is -0.386. The zero-order chi connectivity index (χ0) is 26.4. The molecule has 0 saturated carbocycles. The minimum absolute atomic E-state index is 0.0940. The van der Waals surface area contributed by atoms with Crippen LogP contribution in [0.2, 0.25) is 0 Å². The van der Waals surface area contributed by atoms with E-state index in [0.717, 1.165) is 40.8 Å². The maximum Gasteiger partial charge on any atom is 0.311 e. The number of carbonyl (C=O) groups excluding carboxylic acids is 1. The predicted octanol–water partition coefficient (Wildman–Crippen LogP) is 4.61. The zero-order valence-electron chi connectivity index (χ0n) is 21.2. The summed E-state index contributed by atoms with van der Waals surface area (Å²) in [6.45, 7) is 5.02. The van der Waals surface area contributed by atoms with Gasteiger partial charge in [-0.25, -0.2) is 0 Å². The van der Waals surface area contributed by atoms with Crippen molar-refractivity contribution in [3.05, 3.63) is 93.5 Å². The summed E-state index contributed by atoms with van der Waals surface area (Å²) < 4.78 is 5.95. The zero-order valence-corrected chi connectivity index (χ0v) is 21.2. The number of amides is 1. The molecule has 0 radical (unpaired) electrons. The van der Waals surface area contributed by atoms with E-state index in [1.165, 1.54) is 6.07 Å². The van der Waals surface area contributed by atoms with Gasteiger partial charge in [0.15, 0.2) is 5.75 Å². The van der Waals surface area contributed by atoms with Crippen LogP contribution in [0.4, 0.5) is 5.69 Å². The van der Waals surface area contributed by atoms with Crippen LogP contribution in [0.15, 0.2) is 66.7 Å². The fraction of sp³-hybridized carbons (Fsp3) is 0.345. The monoisotopic (exact) mass is 503 g/mol. The first-order chi connectivity index (χ1) is 17.9. The summed E-state index contributed by atoms with van der Waals surface area (Å²) in [6.07, 6.45) is 1.59. The quantitative estimate of drug-likeness (QED) is 0.309. The molecule has 2 atom stereocenters. The third-order valence-electron chi connectivity index (χ3n) is 6.85. The minimum Gasteiger partial charge on any atom is -0.482 e. The van der Waals surface area contributed by atoms with Crippen molar-refractivity contribution in [1.82, 2.24) is 10.2 Å². The van der Waals surface area contributed by atoms with Gasteiger partial charge >= 0.3 is 5.69 Å². The molecule has 1 heterocycles. The molecule has 1 aliphatic rings. The maximum atomic E-state index is 12.6. The summed E-state index contributed by atoms with van der Waals surface area (Å²) in [5, 5.41) is 23.9. The number of likely N-dealkylation sites (tertiary alicyclic amines) is 1. The van der Waals surface area contributed by atoms with E-state index in [1.807, 2.05) is 48.2 Å². The molecular formula is C29H33N3O5. The predicted molar refractivity (Wildman–Crippen MR) is 142 cm³/mol. The fourth-order valence-corrected chi connectivity index (χ4v) is 4.78. The highest BCUT2D eigenvalue weighted by Gasteiger charge is 2.31. The Kier molecular flexibility index (Phi) is 8.53. The Balaban J connectivity index is 1.48. The Morgan fingerprint density at radius 2 is 1.97 bits per heavy atom. The number of carbonyl (C=O) groups is 1. The van der Waals surface area contributed by atoms with Crippen molar-refractivity contribution in [3.63, 3.8) is 0 Å². The molecule has 8 nitrogen and oxygen atoms in total. The highest BCUT2D eigenvalue weighted by atomic mass is 16.6. The number of nitro groups is 1. The fourth-order valence-electron chi connectivity index (χ4n) is 4.78. The molecule has 0 aliphatic carbocycles. The number of aliphatic hydroxyl groups is 1. The summed E-state index contributed by atoms with van der Waals surface area (Å²) in [6, 6.07) is 20.4. The number of nitrogens with one attached hydrogen (secondary N) is 1. The summed E-state index contributed by atoms with van der Waals surface area (Å²) in [5.41, 5.74) is 4.89. The molecule has 37 heavy (non-hydrogen) atoms. The van der Waals surface area contributed by atoms with Crippen LogP contribution in [0.1, 0.15) is 36.5 Å². The minimum atomic E-state index is -0.427.